The zero-order valence-electron chi connectivity index (χ0n) is 22.4. The molecule has 5 aromatic rings. The molecule has 200 valence electrons. The summed E-state index contributed by atoms with van der Waals surface area (Å²) < 4.78 is 12.2. The topological polar surface area (TPSA) is 74.3 Å². The van der Waals surface area contributed by atoms with Gasteiger partial charge in [-0.3, -0.25) is 9.88 Å². The van der Waals surface area contributed by atoms with Crippen LogP contribution in [0.15, 0.2) is 94.6 Å². The van der Waals surface area contributed by atoms with Crippen LogP contribution in [0.5, 0.6) is 5.75 Å². The lowest BCUT2D eigenvalue weighted by Gasteiger charge is -2.32. The number of nitrogens with zero attached hydrogens (tertiary/aromatic N) is 4. The van der Waals surface area contributed by atoms with E-state index in [2.05, 4.69) is 38.8 Å². The Labute approximate surface area is 232 Å². The Morgan fingerprint density at radius 1 is 0.900 bits per heavy atom. The van der Waals surface area contributed by atoms with Gasteiger partial charge >= 0.3 is 0 Å². The summed E-state index contributed by atoms with van der Waals surface area (Å²) in [6.07, 6.45) is 1.81. The van der Waals surface area contributed by atoms with Crippen molar-refractivity contribution in [1.82, 2.24) is 14.8 Å². The van der Waals surface area contributed by atoms with E-state index in [0.29, 0.717) is 34.4 Å². The third kappa shape index (κ3) is 5.84. The Kier molecular flexibility index (Phi) is 7.45. The van der Waals surface area contributed by atoms with Crippen molar-refractivity contribution in [2.24, 2.45) is 5.16 Å². The molecule has 0 bridgehead atoms. The van der Waals surface area contributed by atoms with Gasteiger partial charge in [0.2, 0.25) is 0 Å². The molecule has 3 heterocycles. The highest BCUT2D eigenvalue weighted by molar-refractivity contribution is 5.85. The Morgan fingerprint density at radius 3 is 2.52 bits per heavy atom. The van der Waals surface area contributed by atoms with E-state index in [1.807, 2.05) is 79.0 Å². The molecule has 1 N–H and O–H groups in total. The van der Waals surface area contributed by atoms with E-state index in [1.54, 1.807) is 6.07 Å². The number of likely N-dealkylation sites (N-methyl/N-ethyl adjacent to an activating group) is 1. The predicted octanol–water partition coefficient (Wildman–Crippen LogP) is 4.96. The van der Waals surface area contributed by atoms with Crippen LogP contribution in [0.1, 0.15) is 11.1 Å². The van der Waals surface area contributed by atoms with Gasteiger partial charge in [-0.1, -0.05) is 47.3 Å². The van der Waals surface area contributed by atoms with Crippen LogP contribution < -0.4 is 10.1 Å². The average molecular weight is 531 g/mol. The molecule has 1 saturated heterocycles. The van der Waals surface area contributed by atoms with Crippen molar-refractivity contribution in [3.05, 3.63) is 102 Å². The molecule has 0 amide bonds. The molecule has 40 heavy (non-hydrogen) atoms. The van der Waals surface area contributed by atoms with Crippen LogP contribution in [0.4, 0.5) is 0 Å². The van der Waals surface area contributed by atoms with E-state index in [4.69, 9.17) is 9.15 Å². The van der Waals surface area contributed by atoms with E-state index in [0.717, 1.165) is 60.4 Å². The lowest BCUT2D eigenvalue weighted by Crippen LogP contribution is -2.45. The zero-order chi connectivity index (χ0) is 27.3. The molecule has 0 unspecified atom stereocenters. The lowest BCUT2D eigenvalue weighted by atomic mass is 10.1. The summed E-state index contributed by atoms with van der Waals surface area (Å²) in [5.74, 6) is 7.79. The fraction of sp³-hybridized carbons (Fsp3) is 0.212. The van der Waals surface area contributed by atoms with Crippen LogP contribution in [0.2, 0.25) is 0 Å². The van der Waals surface area contributed by atoms with Gasteiger partial charge in [-0.05, 0) is 54.9 Å². The first-order valence-corrected chi connectivity index (χ1v) is 13.4. The maximum atomic E-state index is 9.69. The van der Waals surface area contributed by atoms with Crippen LogP contribution in [0.3, 0.4) is 0 Å². The van der Waals surface area contributed by atoms with Crippen molar-refractivity contribution in [1.29, 1.82) is 0 Å². The minimum atomic E-state index is 0.409. The first kappa shape index (κ1) is 25.6. The number of aromatic nitrogens is 1. The van der Waals surface area contributed by atoms with Crippen molar-refractivity contribution < 1.29 is 14.4 Å². The van der Waals surface area contributed by atoms with Gasteiger partial charge < -0.3 is 19.3 Å². The second-order valence-corrected chi connectivity index (χ2v) is 9.99. The minimum absolute atomic E-state index is 0.409. The number of piperazine rings is 1. The highest BCUT2D eigenvalue weighted by Gasteiger charge is 2.13. The first-order chi connectivity index (χ1) is 19.6. The summed E-state index contributed by atoms with van der Waals surface area (Å²) in [5, 5.41) is 16.4. The molecular weight excluding hydrogens is 500 g/mol. The molecule has 0 radical (unpaired) electrons. The molecular formula is C33H30N4O3. The third-order valence-corrected chi connectivity index (χ3v) is 7.19. The highest BCUT2D eigenvalue weighted by atomic mass is 16.5. The normalized spacial score (nSPS) is 14.8. The van der Waals surface area contributed by atoms with E-state index < -0.39 is 0 Å². The number of ether oxygens (including phenoxy) is 1. The molecule has 0 saturated carbocycles. The van der Waals surface area contributed by atoms with E-state index in [9.17, 15) is 5.21 Å². The number of fused-ring (bicyclic) bond motifs is 2. The SMILES string of the molecule is CN1CCN(CCOc2cccc(C#Cc3ccc4/c(=N\O)cc(-c5cc6ccccc6cn5)oc4c3)c2)CC1. The van der Waals surface area contributed by atoms with Gasteiger partial charge in [0, 0.05) is 66.9 Å². The second kappa shape index (κ2) is 11.6. The maximum absolute atomic E-state index is 9.69. The maximum Gasteiger partial charge on any atom is 0.155 e. The molecule has 0 aliphatic carbocycles. The van der Waals surface area contributed by atoms with Crippen LogP contribution >= 0.6 is 0 Å². The number of pyridine rings is 1. The molecule has 1 aliphatic heterocycles. The van der Waals surface area contributed by atoms with Crippen molar-refractivity contribution >= 4 is 21.7 Å². The smallest absolute Gasteiger partial charge is 0.155 e. The minimum Gasteiger partial charge on any atom is -0.492 e. The van der Waals surface area contributed by atoms with Gasteiger partial charge in [-0.15, -0.1) is 0 Å². The summed E-state index contributed by atoms with van der Waals surface area (Å²) in [4.78, 5) is 9.34. The second-order valence-electron chi connectivity index (χ2n) is 9.99. The number of hydrogen-bond donors (Lipinski definition) is 1. The summed E-state index contributed by atoms with van der Waals surface area (Å²) in [7, 11) is 2.16. The third-order valence-electron chi connectivity index (χ3n) is 7.19. The van der Waals surface area contributed by atoms with Gasteiger partial charge in [-0.2, -0.15) is 0 Å². The molecule has 1 aliphatic rings. The van der Waals surface area contributed by atoms with Gasteiger partial charge in [0.1, 0.15) is 29.0 Å². The van der Waals surface area contributed by atoms with Crippen LogP contribution in [-0.2, 0) is 0 Å². The van der Waals surface area contributed by atoms with Gasteiger partial charge in [0.15, 0.2) is 5.76 Å². The van der Waals surface area contributed by atoms with Crippen molar-refractivity contribution in [2.75, 3.05) is 46.4 Å². The van der Waals surface area contributed by atoms with Crippen molar-refractivity contribution in [2.45, 2.75) is 0 Å². The van der Waals surface area contributed by atoms with Crippen molar-refractivity contribution in [3.63, 3.8) is 0 Å². The summed E-state index contributed by atoms with van der Waals surface area (Å²) in [5.41, 5.74) is 2.87. The van der Waals surface area contributed by atoms with Crippen LogP contribution in [0.25, 0.3) is 33.2 Å². The number of benzene rings is 3. The molecule has 0 atom stereocenters. The van der Waals surface area contributed by atoms with Crippen molar-refractivity contribution in [3.8, 4) is 29.0 Å². The fourth-order valence-corrected chi connectivity index (χ4v) is 4.85. The molecule has 7 nitrogen and oxygen atoms in total. The summed E-state index contributed by atoms with van der Waals surface area (Å²) in [6.45, 7) is 5.94. The standard InChI is InChI=1S/C33H30N4O3/c1-36-13-15-37(16-14-36)17-18-39-28-8-4-5-24(19-28)9-10-25-11-12-29-30(35-38)22-33(40-32(29)20-25)31-21-26-6-2-3-7-27(26)23-34-31/h2-8,11-12,19-23,38H,13-18H2,1H3/b35-30-. The number of rotatable bonds is 5. The molecule has 2 aromatic heterocycles. The Bertz CT molecular complexity index is 1790. The predicted molar refractivity (Wildman–Crippen MR) is 156 cm³/mol. The monoisotopic (exact) mass is 530 g/mol. The van der Waals surface area contributed by atoms with Gasteiger partial charge in [-0.25, -0.2) is 0 Å². The highest BCUT2D eigenvalue weighted by Crippen LogP contribution is 2.24. The van der Waals surface area contributed by atoms with E-state index >= 15 is 0 Å². The van der Waals surface area contributed by atoms with Gasteiger partial charge in [0.25, 0.3) is 0 Å². The molecule has 3 aromatic carbocycles. The van der Waals surface area contributed by atoms with Crippen LogP contribution in [0, 0.1) is 11.8 Å². The molecule has 6 rings (SSSR count). The largest absolute Gasteiger partial charge is 0.492 e. The molecule has 7 heteroatoms. The Morgan fingerprint density at radius 2 is 1.70 bits per heavy atom. The first-order valence-electron chi connectivity index (χ1n) is 13.4. The zero-order valence-corrected chi connectivity index (χ0v) is 22.4. The summed E-state index contributed by atoms with van der Waals surface area (Å²) in [6, 6.07) is 25.1. The fourth-order valence-electron chi connectivity index (χ4n) is 4.85. The number of hydrogen-bond acceptors (Lipinski definition) is 7. The van der Waals surface area contributed by atoms with E-state index in [-0.39, 0.29) is 0 Å². The van der Waals surface area contributed by atoms with Crippen LogP contribution in [-0.4, -0.2) is 66.4 Å². The molecule has 1 fully saturated rings. The summed E-state index contributed by atoms with van der Waals surface area (Å²) >= 11 is 0. The van der Waals surface area contributed by atoms with E-state index in [1.165, 1.54) is 0 Å². The quantitative estimate of drug-likeness (QED) is 0.197. The Hall–Kier alpha value is -4.64. The molecule has 0 spiro atoms. The average Bonchev–Trinajstić information content (AvgIpc) is 3.00. The van der Waals surface area contributed by atoms with Gasteiger partial charge in [0.05, 0.1) is 0 Å². The lowest BCUT2D eigenvalue weighted by molar-refractivity contribution is 0.134. The Balaban J connectivity index is 1.21.